The summed E-state index contributed by atoms with van der Waals surface area (Å²) in [4.78, 5) is 14.8. The second-order valence-corrected chi connectivity index (χ2v) is 9.24. The molecular weight excluding hydrogens is 436 g/mol. The highest BCUT2D eigenvalue weighted by atomic mass is 32.2. The van der Waals surface area contributed by atoms with Crippen LogP contribution in [0.1, 0.15) is 32.1 Å². The summed E-state index contributed by atoms with van der Waals surface area (Å²) in [6, 6.07) is 6.16. The van der Waals surface area contributed by atoms with Crippen molar-refractivity contribution in [2.75, 3.05) is 25.3 Å². The van der Waals surface area contributed by atoms with Gasteiger partial charge in [-0.1, -0.05) is 19.3 Å². The van der Waals surface area contributed by atoms with E-state index in [0.29, 0.717) is 28.7 Å². The molecular formula is C20H27N6O5S+. The number of benzene rings is 1. The number of aromatic amines is 2. The van der Waals surface area contributed by atoms with Gasteiger partial charge in [0.15, 0.2) is 12.3 Å². The van der Waals surface area contributed by atoms with Gasteiger partial charge in [-0.05, 0) is 42.1 Å². The first kappa shape index (κ1) is 22.4. The molecule has 0 radical (unpaired) electrons. The monoisotopic (exact) mass is 463 g/mol. The van der Waals surface area contributed by atoms with E-state index in [1.807, 2.05) is 0 Å². The van der Waals surface area contributed by atoms with Crippen molar-refractivity contribution >= 4 is 32.8 Å². The van der Waals surface area contributed by atoms with Crippen molar-refractivity contribution < 1.29 is 28.0 Å². The molecule has 0 bridgehead atoms. The van der Waals surface area contributed by atoms with E-state index in [9.17, 15) is 8.42 Å². The van der Waals surface area contributed by atoms with E-state index >= 15 is 0 Å². The average molecular weight is 464 g/mol. The smallest absolute Gasteiger partial charge is 0.399 e. The molecule has 1 fully saturated rings. The zero-order valence-corrected chi connectivity index (χ0v) is 18.3. The molecule has 4 rings (SSSR count). The first-order chi connectivity index (χ1) is 15.5. The van der Waals surface area contributed by atoms with Crippen LogP contribution in [0.3, 0.4) is 0 Å². The molecule has 172 valence electrons. The molecule has 0 aliphatic heterocycles. The lowest BCUT2D eigenvalue weighted by Crippen LogP contribution is -2.26. The molecule has 32 heavy (non-hydrogen) atoms. The Balaban J connectivity index is 1.45. The number of sulfonamides is 1. The van der Waals surface area contributed by atoms with Crippen molar-refractivity contribution in [2.45, 2.75) is 43.1 Å². The molecule has 2 aromatic heterocycles. The van der Waals surface area contributed by atoms with Crippen LogP contribution in [-0.2, 0) is 14.8 Å². The molecule has 0 atom stereocenters. The highest BCUT2D eigenvalue weighted by molar-refractivity contribution is 7.89. The van der Waals surface area contributed by atoms with Crippen LogP contribution in [-0.4, -0.2) is 54.5 Å². The zero-order valence-electron chi connectivity index (χ0n) is 17.5. The van der Waals surface area contributed by atoms with Gasteiger partial charge in [0.2, 0.25) is 10.0 Å². The minimum absolute atomic E-state index is 0.0435. The molecule has 3 aromatic rings. The maximum atomic E-state index is 12.1. The van der Waals surface area contributed by atoms with Gasteiger partial charge in [-0.2, -0.15) is 0 Å². The Kier molecular flexibility index (Phi) is 7.15. The number of aliphatic hydroxyl groups is 1. The fourth-order valence-electron chi connectivity index (χ4n) is 3.55. The van der Waals surface area contributed by atoms with Gasteiger partial charge < -0.3 is 19.6 Å². The van der Waals surface area contributed by atoms with E-state index < -0.39 is 10.0 Å². The van der Waals surface area contributed by atoms with Gasteiger partial charge in [0.1, 0.15) is 0 Å². The van der Waals surface area contributed by atoms with Crippen LogP contribution in [0.2, 0.25) is 0 Å². The summed E-state index contributed by atoms with van der Waals surface area (Å²) in [7, 11) is -3.67. The predicted molar refractivity (Wildman–Crippen MR) is 116 cm³/mol. The van der Waals surface area contributed by atoms with E-state index in [2.05, 4.69) is 30.0 Å². The lowest BCUT2D eigenvalue weighted by atomic mass is 9.98. The Morgan fingerprint density at radius 2 is 1.97 bits per heavy atom. The summed E-state index contributed by atoms with van der Waals surface area (Å²) in [6.07, 6.45) is 7.48. The van der Waals surface area contributed by atoms with Crippen molar-refractivity contribution in [3.05, 3.63) is 30.6 Å². The Bertz CT molecular complexity index is 1130. The Labute approximate surface area is 185 Å². The highest BCUT2D eigenvalue weighted by Crippen LogP contribution is 2.22. The number of nitrogens with zero attached hydrogens (tertiary/aromatic N) is 2. The minimum atomic E-state index is -3.67. The third-order valence-electron chi connectivity index (χ3n) is 5.19. The van der Waals surface area contributed by atoms with Crippen LogP contribution in [0.25, 0.3) is 11.2 Å². The quantitative estimate of drug-likeness (QED) is 0.330. The second kappa shape index (κ2) is 10.2. The lowest BCUT2D eigenvalue weighted by molar-refractivity contribution is -0.383. The van der Waals surface area contributed by atoms with Crippen molar-refractivity contribution in [3.63, 3.8) is 0 Å². The molecule has 1 aromatic carbocycles. The standard InChI is InChI=1S/C20H26N6O5S/c27-11-10-23-32(28,29)16-8-6-14(7-9-16)24-20-25-18-17(21-12-22-18)19(26-20)31-13-30-15-4-2-1-3-5-15/h6-9,12,15,23,27H,1-5,10-11,13H2,(H2,21,22,24,25,26)/p+1. The number of imidazole rings is 1. The first-order valence-electron chi connectivity index (χ1n) is 10.5. The van der Waals surface area contributed by atoms with E-state index in [1.54, 1.807) is 12.1 Å². The van der Waals surface area contributed by atoms with Crippen LogP contribution < -0.4 is 19.8 Å². The maximum absolute atomic E-state index is 12.1. The Morgan fingerprint density at radius 3 is 2.72 bits per heavy atom. The van der Waals surface area contributed by atoms with Crippen LogP contribution >= 0.6 is 0 Å². The van der Waals surface area contributed by atoms with Crippen LogP contribution in [0.4, 0.5) is 11.6 Å². The summed E-state index contributed by atoms with van der Waals surface area (Å²) in [5.74, 6) is 0.824. The first-order valence-corrected chi connectivity index (χ1v) is 12.0. The number of anilines is 2. The SMILES string of the molecule is O=S(=O)(NCCO)c1ccc(Nc2nc3nc[nH]c3c(OCOC3CCCCC3)[nH+]2)cc1. The van der Waals surface area contributed by atoms with Gasteiger partial charge in [0.25, 0.3) is 11.5 Å². The molecule has 0 amide bonds. The average Bonchev–Trinajstić information content (AvgIpc) is 3.28. The number of aromatic nitrogens is 4. The van der Waals surface area contributed by atoms with Crippen molar-refractivity contribution in [1.82, 2.24) is 19.7 Å². The van der Waals surface area contributed by atoms with Gasteiger partial charge >= 0.3 is 5.95 Å². The highest BCUT2D eigenvalue weighted by Gasteiger charge is 2.20. The van der Waals surface area contributed by atoms with Crippen LogP contribution in [0.15, 0.2) is 35.5 Å². The molecule has 12 heteroatoms. The van der Waals surface area contributed by atoms with Gasteiger partial charge in [0, 0.05) is 6.54 Å². The van der Waals surface area contributed by atoms with Gasteiger partial charge in [-0.3, -0.25) is 0 Å². The molecule has 0 spiro atoms. The number of aliphatic hydroxyl groups excluding tert-OH is 1. The fourth-order valence-corrected chi connectivity index (χ4v) is 4.57. The molecule has 0 unspecified atom stereocenters. The van der Waals surface area contributed by atoms with Gasteiger partial charge in [0.05, 0.1) is 29.6 Å². The Hall–Kier alpha value is -2.80. The Morgan fingerprint density at radius 1 is 1.19 bits per heavy atom. The third-order valence-corrected chi connectivity index (χ3v) is 6.66. The lowest BCUT2D eigenvalue weighted by Gasteiger charge is -2.21. The van der Waals surface area contributed by atoms with E-state index in [1.165, 1.54) is 37.7 Å². The summed E-state index contributed by atoms with van der Waals surface area (Å²) in [5, 5.41) is 11.9. The largest absolute Gasteiger partial charge is 0.439 e. The molecule has 11 nitrogen and oxygen atoms in total. The number of hydrogen-bond donors (Lipinski definition) is 4. The third kappa shape index (κ3) is 5.51. The number of H-pyrrole nitrogens is 2. The maximum Gasteiger partial charge on any atom is 0.399 e. The van der Waals surface area contributed by atoms with E-state index in [4.69, 9.17) is 14.6 Å². The zero-order chi connectivity index (χ0) is 22.4. The molecule has 1 aliphatic carbocycles. The van der Waals surface area contributed by atoms with E-state index in [0.717, 1.165) is 12.8 Å². The molecule has 2 heterocycles. The van der Waals surface area contributed by atoms with Crippen molar-refractivity contribution in [3.8, 4) is 5.88 Å². The molecule has 0 saturated heterocycles. The second-order valence-electron chi connectivity index (χ2n) is 7.48. The summed E-state index contributed by atoms with van der Waals surface area (Å²) < 4.78 is 38.2. The predicted octanol–water partition coefficient (Wildman–Crippen LogP) is 1.47. The molecule has 1 aliphatic rings. The normalized spacial score (nSPS) is 15.2. The summed E-state index contributed by atoms with van der Waals surface area (Å²) >= 11 is 0. The minimum Gasteiger partial charge on any atom is -0.439 e. The summed E-state index contributed by atoms with van der Waals surface area (Å²) in [6.45, 7) is -0.198. The van der Waals surface area contributed by atoms with Crippen molar-refractivity contribution in [1.29, 1.82) is 0 Å². The number of nitrogens with one attached hydrogen (secondary N) is 4. The number of fused-ring (bicyclic) bond motifs is 1. The van der Waals surface area contributed by atoms with Gasteiger partial charge in [-0.15, -0.1) is 0 Å². The molecule has 1 saturated carbocycles. The van der Waals surface area contributed by atoms with E-state index in [-0.39, 0.29) is 30.9 Å². The summed E-state index contributed by atoms with van der Waals surface area (Å²) in [5.41, 5.74) is 1.71. The molecule has 5 N–H and O–H groups in total. The number of ether oxygens (including phenoxy) is 2. The topological polar surface area (TPSA) is 153 Å². The fraction of sp³-hybridized carbons (Fsp3) is 0.450. The van der Waals surface area contributed by atoms with Crippen LogP contribution in [0.5, 0.6) is 5.88 Å². The number of hydrogen-bond acceptors (Lipinski definition) is 8. The number of rotatable bonds is 10. The van der Waals surface area contributed by atoms with Crippen LogP contribution in [0, 0.1) is 0 Å². The van der Waals surface area contributed by atoms with Crippen molar-refractivity contribution in [2.24, 2.45) is 0 Å². The van der Waals surface area contributed by atoms with Gasteiger partial charge in [-0.25, -0.2) is 28.4 Å².